The molecule has 4 nitrogen and oxygen atoms in total. The zero-order chi connectivity index (χ0) is 12.5. The first-order chi connectivity index (χ1) is 8.72. The summed E-state index contributed by atoms with van der Waals surface area (Å²) in [6.07, 6.45) is 7.61. The number of fused-ring (bicyclic) bond motifs is 1. The normalized spacial score (nSPS) is 18.0. The Balaban J connectivity index is 1.65. The predicted octanol–water partition coefficient (Wildman–Crippen LogP) is 2.34. The SMILES string of the molecule is CN(Cc1cn2ccsc2n1)C1CCC(=O)CC1. The van der Waals surface area contributed by atoms with E-state index in [2.05, 4.69) is 27.5 Å². The fourth-order valence-electron chi connectivity index (χ4n) is 2.60. The molecule has 96 valence electrons. The number of hydrogen-bond donors (Lipinski definition) is 0. The van der Waals surface area contributed by atoms with E-state index in [1.807, 2.05) is 11.6 Å². The molecule has 0 amide bonds. The summed E-state index contributed by atoms with van der Waals surface area (Å²) < 4.78 is 2.07. The smallest absolute Gasteiger partial charge is 0.193 e. The number of Topliss-reactive ketones (excluding diaryl/α,β-unsaturated/α-hetero) is 1. The number of rotatable bonds is 3. The van der Waals surface area contributed by atoms with Gasteiger partial charge < -0.3 is 0 Å². The molecule has 1 fully saturated rings. The monoisotopic (exact) mass is 263 g/mol. The number of imidazole rings is 1. The Bertz CT molecular complexity index is 521. The van der Waals surface area contributed by atoms with E-state index in [1.54, 1.807) is 11.3 Å². The Morgan fingerprint density at radius 2 is 2.28 bits per heavy atom. The number of carbonyl (C=O) groups is 1. The molecule has 1 saturated carbocycles. The summed E-state index contributed by atoms with van der Waals surface area (Å²) in [4.78, 5) is 19.2. The fourth-order valence-corrected chi connectivity index (χ4v) is 3.32. The number of carbonyl (C=O) groups excluding carboxylic acids is 1. The van der Waals surface area contributed by atoms with E-state index in [0.29, 0.717) is 11.8 Å². The maximum atomic E-state index is 11.2. The number of thiazole rings is 1. The van der Waals surface area contributed by atoms with Crippen molar-refractivity contribution in [2.75, 3.05) is 7.05 Å². The highest BCUT2D eigenvalue weighted by molar-refractivity contribution is 7.15. The highest BCUT2D eigenvalue weighted by atomic mass is 32.1. The van der Waals surface area contributed by atoms with Crippen LogP contribution in [-0.2, 0) is 11.3 Å². The summed E-state index contributed by atoms with van der Waals surface area (Å²) in [6, 6.07) is 0.530. The second-order valence-corrected chi connectivity index (χ2v) is 5.88. The van der Waals surface area contributed by atoms with Crippen LogP contribution in [0.25, 0.3) is 4.96 Å². The first kappa shape index (κ1) is 11.9. The van der Waals surface area contributed by atoms with Crippen LogP contribution in [-0.4, -0.2) is 33.2 Å². The van der Waals surface area contributed by atoms with E-state index in [0.717, 1.165) is 42.9 Å². The van der Waals surface area contributed by atoms with E-state index in [-0.39, 0.29) is 0 Å². The van der Waals surface area contributed by atoms with E-state index in [4.69, 9.17) is 0 Å². The van der Waals surface area contributed by atoms with E-state index in [1.165, 1.54) is 0 Å². The first-order valence-corrected chi connectivity index (χ1v) is 7.23. The molecule has 0 saturated heterocycles. The maximum Gasteiger partial charge on any atom is 0.193 e. The van der Waals surface area contributed by atoms with Crippen LogP contribution >= 0.6 is 11.3 Å². The predicted molar refractivity (Wildman–Crippen MR) is 71.8 cm³/mol. The van der Waals surface area contributed by atoms with Crippen molar-refractivity contribution >= 4 is 22.1 Å². The Morgan fingerprint density at radius 1 is 1.50 bits per heavy atom. The Morgan fingerprint density at radius 3 is 3.00 bits per heavy atom. The molecule has 0 radical (unpaired) electrons. The highest BCUT2D eigenvalue weighted by Gasteiger charge is 2.22. The van der Waals surface area contributed by atoms with Gasteiger partial charge in [-0.1, -0.05) is 0 Å². The molecular weight excluding hydrogens is 246 g/mol. The summed E-state index contributed by atoms with van der Waals surface area (Å²) in [6.45, 7) is 0.868. The van der Waals surface area contributed by atoms with Crippen LogP contribution in [0.15, 0.2) is 17.8 Å². The molecule has 0 aliphatic heterocycles. The Labute approximate surface area is 110 Å². The third kappa shape index (κ3) is 2.33. The third-order valence-electron chi connectivity index (χ3n) is 3.69. The molecule has 0 spiro atoms. The largest absolute Gasteiger partial charge is 0.300 e. The number of aromatic nitrogens is 2. The van der Waals surface area contributed by atoms with Gasteiger partial charge in [-0.3, -0.25) is 14.1 Å². The van der Waals surface area contributed by atoms with Gasteiger partial charge in [-0.25, -0.2) is 4.98 Å². The molecule has 2 aromatic heterocycles. The molecule has 5 heteroatoms. The van der Waals surface area contributed by atoms with Crippen molar-refractivity contribution < 1.29 is 4.79 Å². The highest BCUT2D eigenvalue weighted by Crippen LogP contribution is 2.21. The van der Waals surface area contributed by atoms with Gasteiger partial charge in [0.05, 0.1) is 5.69 Å². The lowest BCUT2D eigenvalue weighted by Gasteiger charge is -2.30. The molecule has 0 aromatic carbocycles. The quantitative estimate of drug-likeness (QED) is 0.853. The molecular formula is C13H17N3OS. The average Bonchev–Trinajstić information content (AvgIpc) is 2.90. The van der Waals surface area contributed by atoms with Crippen molar-refractivity contribution in [3.63, 3.8) is 0 Å². The van der Waals surface area contributed by atoms with Crippen molar-refractivity contribution in [3.05, 3.63) is 23.5 Å². The maximum absolute atomic E-state index is 11.2. The van der Waals surface area contributed by atoms with E-state index in [9.17, 15) is 4.79 Å². The van der Waals surface area contributed by atoms with Crippen molar-refractivity contribution in [1.29, 1.82) is 0 Å². The molecule has 0 unspecified atom stereocenters. The molecule has 3 rings (SSSR count). The topological polar surface area (TPSA) is 37.6 Å². The van der Waals surface area contributed by atoms with Gasteiger partial charge in [-0.15, -0.1) is 11.3 Å². The molecule has 0 atom stereocenters. The van der Waals surface area contributed by atoms with Crippen molar-refractivity contribution in [1.82, 2.24) is 14.3 Å². The Hall–Kier alpha value is -1.20. The van der Waals surface area contributed by atoms with Crippen molar-refractivity contribution in [2.45, 2.75) is 38.3 Å². The van der Waals surface area contributed by atoms with Gasteiger partial charge in [-0.05, 0) is 19.9 Å². The van der Waals surface area contributed by atoms with E-state index < -0.39 is 0 Å². The van der Waals surface area contributed by atoms with Crippen LogP contribution in [0.1, 0.15) is 31.4 Å². The summed E-state index contributed by atoms with van der Waals surface area (Å²) >= 11 is 1.66. The Kier molecular flexibility index (Phi) is 3.18. The summed E-state index contributed by atoms with van der Waals surface area (Å²) in [5.74, 6) is 0.419. The molecule has 1 aliphatic rings. The van der Waals surface area contributed by atoms with Gasteiger partial charge in [-0.2, -0.15) is 0 Å². The molecule has 0 N–H and O–H groups in total. The van der Waals surface area contributed by atoms with Crippen molar-refractivity contribution in [3.8, 4) is 0 Å². The van der Waals surface area contributed by atoms with Gasteiger partial charge in [0, 0.05) is 43.2 Å². The van der Waals surface area contributed by atoms with Crippen LogP contribution in [0, 0.1) is 0 Å². The minimum atomic E-state index is 0.419. The molecule has 0 bridgehead atoms. The van der Waals surface area contributed by atoms with Gasteiger partial charge >= 0.3 is 0 Å². The zero-order valence-corrected chi connectivity index (χ0v) is 11.3. The molecule has 2 aromatic rings. The van der Waals surface area contributed by atoms with Gasteiger partial charge in [0.25, 0.3) is 0 Å². The van der Waals surface area contributed by atoms with Crippen LogP contribution in [0.4, 0.5) is 0 Å². The van der Waals surface area contributed by atoms with Gasteiger partial charge in [0.2, 0.25) is 0 Å². The van der Waals surface area contributed by atoms with Crippen molar-refractivity contribution in [2.24, 2.45) is 0 Å². The standard InChI is InChI=1S/C13H17N3OS/c1-15(11-2-4-12(17)5-3-11)8-10-9-16-6-7-18-13(16)14-10/h6-7,9,11H,2-5,8H2,1H3. The number of hydrogen-bond acceptors (Lipinski definition) is 4. The third-order valence-corrected chi connectivity index (χ3v) is 4.46. The fraction of sp³-hybridized carbons (Fsp3) is 0.538. The van der Waals surface area contributed by atoms with Gasteiger partial charge in [0.1, 0.15) is 5.78 Å². The lowest BCUT2D eigenvalue weighted by molar-refractivity contribution is -0.121. The lowest BCUT2D eigenvalue weighted by atomic mass is 9.93. The van der Waals surface area contributed by atoms with Crippen LogP contribution in [0.3, 0.4) is 0 Å². The minimum Gasteiger partial charge on any atom is -0.300 e. The van der Waals surface area contributed by atoms with Crippen LogP contribution in [0.2, 0.25) is 0 Å². The molecule has 18 heavy (non-hydrogen) atoms. The number of nitrogens with zero attached hydrogens (tertiary/aromatic N) is 3. The van der Waals surface area contributed by atoms with Gasteiger partial charge in [0.15, 0.2) is 4.96 Å². The summed E-state index contributed by atoms with van der Waals surface area (Å²) in [7, 11) is 2.13. The second kappa shape index (κ2) is 4.82. The van der Waals surface area contributed by atoms with E-state index >= 15 is 0 Å². The zero-order valence-electron chi connectivity index (χ0n) is 10.5. The number of ketones is 1. The minimum absolute atomic E-state index is 0.419. The summed E-state index contributed by atoms with van der Waals surface area (Å²) in [5.41, 5.74) is 1.11. The average molecular weight is 263 g/mol. The first-order valence-electron chi connectivity index (χ1n) is 6.35. The second-order valence-electron chi connectivity index (χ2n) is 5.01. The van der Waals surface area contributed by atoms with Crippen LogP contribution < -0.4 is 0 Å². The molecule has 1 aliphatic carbocycles. The molecule has 2 heterocycles. The lowest BCUT2D eigenvalue weighted by Crippen LogP contribution is -2.34. The summed E-state index contributed by atoms with van der Waals surface area (Å²) in [5, 5.41) is 2.04. The van der Waals surface area contributed by atoms with Crippen LogP contribution in [0.5, 0.6) is 0 Å².